The number of sulfonamides is 1. The summed E-state index contributed by atoms with van der Waals surface area (Å²) in [6, 6.07) is 4.67. The van der Waals surface area contributed by atoms with Crippen molar-refractivity contribution in [1.82, 2.24) is 9.21 Å². The molecule has 0 bridgehead atoms. The smallest absolute Gasteiger partial charge is 0.242 e. The Balaban J connectivity index is 2.06. The highest BCUT2D eigenvalue weighted by atomic mass is 79.9. The van der Waals surface area contributed by atoms with E-state index in [2.05, 4.69) is 20.8 Å². The molecular weight excluding hydrogens is 364 g/mol. The Bertz CT molecular complexity index is 574. The zero-order valence-corrected chi connectivity index (χ0v) is 14.5. The second-order valence-electron chi connectivity index (χ2n) is 4.95. The van der Waals surface area contributed by atoms with E-state index in [4.69, 9.17) is 11.6 Å². The Morgan fingerprint density at radius 3 is 2.60 bits per heavy atom. The van der Waals surface area contributed by atoms with Gasteiger partial charge in [-0.3, -0.25) is 0 Å². The van der Waals surface area contributed by atoms with E-state index in [-0.39, 0.29) is 4.90 Å². The Labute approximate surface area is 133 Å². The second kappa shape index (κ2) is 6.75. The molecule has 1 aromatic rings. The zero-order valence-electron chi connectivity index (χ0n) is 11.3. The molecule has 1 heterocycles. The largest absolute Gasteiger partial charge is 0.302 e. The predicted octanol–water partition coefficient (Wildman–Crippen LogP) is 2.82. The van der Waals surface area contributed by atoms with Crippen molar-refractivity contribution in [3.05, 3.63) is 27.7 Å². The average Bonchev–Trinajstić information content (AvgIpc) is 2.92. The van der Waals surface area contributed by atoms with E-state index in [1.54, 1.807) is 19.2 Å². The zero-order chi connectivity index (χ0) is 14.8. The fourth-order valence-electron chi connectivity index (χ4n) is 2.23. The standard InChI is InChI=1S/C13H18BrClN2O2S/c1-16(8-9-17-6-2-3-7-17)20(18,19)11-4-5-13(15)12(14)10-11/h4-5,10H,2-3,6-9H2,1H3. The van der Waals surface area contributed by atoms with Crippen molar-refractivity contribution in [2.24, 2.45) is 0 Å². The number of likely N-dealkylation sites (tertiary alicyclic amines) is 1. The van der Waals surface area contributed by atoms with Crippen LogP contribution >= 0.6 is 27.5 Å². The van der Waals surface area contributed by atoms with Crippen LogP contribution in [0.15, 0.2) is 27.6 Å². The van der Waals surface area contributed by atoms with Crippen LogP contribution in [0.25, 0.3) is 0 Å². The van der Waals surface area contributed by atoms with Crippen molar-refractivity contribution in [1.29, 1.82) is 0 Å². The lowest BCUT2D eigenvalue weighted by Crippen LogP contribution is -2.35. The van der Waals surface area contributed by atoms with Gasteiger partial charge in [-0.15, -0.1) is 0 Å². The van der Waals surface area contributed by atoms with Crippen molar-refractivity contribution in [3.8, 4) is 0 Å². The van der Waals surface area contributed by atoms with E-state index in [0.717, 1.165) is 19.6 Å². The number of hydrogen-bond acceptors (Lipinski definition) is 3. The summed E-state index contributed by atoms with van der Waals surface area (Å²) < 4.78 is 26.9. The first-order chi connectivity index (χ1) is 9.41. The van der Waals surface area contributed by atoms with Gasteiger partial charge in [-0.05, 0) is 60.1 Å². The van der Waals surface area contributed by atoms with Crippen molar-refractivity contribution >= 4 is 37.6 Å². The average molecular weight is 382 g/mol. The Morgan fingerprint density at radius 2 is 2.00 bits per heavy atom. The van der Waals surface area contributed by atoms with Crippen molar-refractivity contribution in [2.75, 3.05) is 33.2 Å². The third kappa shape index (κ3) is 3.74. The minimum Gasteiger partial charge on any atom is -0.302 e. The minimum atomic E-state index is -3.45. The van der Waals surface area contributed by atoms with Crippen LogP contribution in [-0.2, 0) is 10.0 Å². The van der Waals surface area contributed by atoms with E-state index in [1.807, 2.05) is 0 Å². The quantitative estimate of drug-likeness (QED) is 0.787. The molecule has 0 amide bonds. The molecule has 0 spiro atoms. The van der Waals surface area contributed by atoms with E-state index in [9.17, 15) is 8.42 Å². The molecule has 4 nitrogen and oxygen atoms in total. The van der Waals surface area contributed by atoms with Crippen LogP contribution in [0.4, 0.5) is 0 Å². The summed E-state index contributed by atoms with van der Waals surface area (Å²) in [4.78, 5) is 2.56. The lowest BCUT2D eigenvalue weighted by Gasteiger charge is -2.21. The summed E-state index contributed by atoms with van der Waals surface area (Å²) in [5, 5.41) is 0.503. The van der Waals surface area contributed by atoms with Crippen molar-refractivity contribution < 1.29 is 8.42 Å². The maximum Gasteiger partial charge on any atom is 0.242 e. The molecule has 0 N–H and O–H groups in total. The Hall–Kier alpha value is -0.140. The SMILES string of the molecule is CN(CCN1CCCC1)S(=O)(=O)c1ccc(Cl)c(Br)c1. The number of halogens is 2. The van der Waals surface area contributed by atoms with Gasteiger partial charge >= 0.3 is 0 Å². The Kier molecular flexibility index (Phi) is 5.48. The summed E-state index contributed by atoms with van der Waals surface area (Å²) in [7, 11) is -1.83. The highest BCUT2D eigenvalue weighted by Gasteiger charge is 2.22. The highest BCUT2D eigenvalue weighted by Crippen LogP contribution is 2.26. The number of likely N-dealkylation sites (N-methyl/N-ethyl adjacent to an activating group) is 1. The molecule has 0 radical (unpaired) electrons. The molecule has 2 rings (SSSR count). The third-order valence-corrected chi connectivity index (χ3v) is 6.60. The minimum absolute atomic E-state index is 0.262. The van der Waals surface area contributed by atoms with Gasteiger partial charge in [-0.1, -0.05) is 11.6 Å². The normalized spacial score (nSPS) is 17.0. The van der Waals surface area contributed by atoms with Crippen LogP contribution in [0, 0.1) is 0 Å². The molecule has 0 saturated carbocycles. The van der Waals surface area contributed by atoms with Gasteiger partial charge in [0, 0.05) is 24.6 Å². The molecule has 0 atom stereocenters. The monoisotopic (exact) mass is 380 g/mol. The lowest BCUT2D eigenvalue weighted by molar-refractivity contribution is 0.310. The van der Waals surface area contributed by atoms with Gasteiger partial charge in [-0.25, -0.2) is 8.42 Å². The summed E-state index contributed by atoms with van der Waals surface area (Å²) in [5.41, 5.74) is 0. The van der Waals surface area contributed by atoms with Gasteiger partial charge < -0.3 is 4.90 Å². The van der Waals surface area contributed by atoms with Gasteiger partial charge in [0.2, 0.25) is 10.0 Å². The number of rotatable bonds is 5. The van der Waals surface area contributed by atoms with Gasteiger partial charge in [-0.2, -0.15) is 4.31 Å². The van der Waals surface area contributed by atoms with E-state index < -0.39 is 10.0 Å². The highest BCUT2D eigenvalue weighted by molar-refractivity contribution is 9.10. The van der Waals surface area contributed by atoms with E-state index in [0.29, 0.717) is 16.0 Å². The summed E-state index contributed by atoms with van der Waals surface area (Å²) >= 11 is 9.15. The molecule has 20 heavy (non-hydrogen) atoms. The molecule has 1 aliphatic rings. The maximum absolute atomic E-state index is 12.4. The first-order valence-electron chi connectivity index (χ1n) is 6.55. The van der Waals surface area contributed by atoms with Crippen LogP contribution in [0.2, 0.25) is 5.02 Å². The molecule has 0 unspecified atom stereocenters. The number of hydrogen-bond donors (Lipinski definition) is 0. The topological polar surface area (TPSA) is 40.6 Å². The van der Waals surface area contributed by atoms with Crippen molar-refractivity contribution in [2.45, 2.75) is 17.7 Å². The molecule has 1 aliphatic heterocycles. The Morgan fingerprint density at radius 1 is 1.35 bits per heavy atom. The van der Waals surface area contributed by atoms with Gasteiger partial charge in [0.1, 0.15) is 0 Å². The van der Waals surface area contributed by atoms with Crippen molar-refractivity contribution in [3.63, 3.8) is 0 Å². The molecule has 1 saturated heterocycles. The molecule has 112 valence electrons. The van der Waals surface area contributed by atoms with Gasteiger partial charge in [0.15, 0.2) is 0 Å². The molecule has 0 aromatic heterocycles. The lowest BCUT2D eigenvalue weighted by atomic mass is 10.4. The first kappa shape index (κ1) is 16.2. The molecule has 7 heteroatoms. The van der Waals surface area contributed by atoms with Crippen LogP contribution in [0.5, 0.6) is 0 Å². The third-order valence-electron chi connectivity index (χ3n) is 3.53. The fraction of sp³-hybridized carbons (Fsp3) is 0.538. The summed E-state index contributed by atoms with van der Waals surface area (Å²) in [6.45, 7) is 3.42. The maximum atomic E-state index is 12.4. The first-order valence-corrected chi connectivity index (χ1v) is 9.16. The van der Waals surface area contributed by atoms with Crippen LogP contribution in [0.3, 0.4) is 0 Å². The predicted molar refractivity (Wildman–Crippen MR) is 84.6 cm³/mol. The second-order valence-corrected chi connectivity index (χ2v) is 8.26. The van der Waals surface area contributed by atoms with Crippen LogP contribution < -0.4 is 0 Å². The number of benzene rings is 1. The number of nitrogens with zero attached hydrogens (tertiary/aromatic N) is 2. The molecule has 1 aromatic carbocycles. The van der Waals surface area contributed by atoms with E-state index >= 15 is 0 Å². The van der Waals surface area contributed by atoms with Gasteiger partial charge in [0.25, 0.3) is 0 Å². The van der Waals surface area contributed by atoms with Crippen LogP contribution in [-0.4, -0.2) is 50.8 Å². The van der Waals surface area contributed by atoms with Crippen LogP contribution in [0.1, 0.15) is 12.8 Å². The molecule has 1 fully saturated rings. The summed E-state index contributed by atoms with van der Waals surface area (Å²) in [5.74, 6) is 0. The van der Waals surface area contributed by atoms with E-state index in [1.165, 1.54) is 23.2 Å². The molecule has 0 aliphatic carbocycles. The summed E-state index contributed by atoms with van der Waals surface area (Å²) in [6.07, 6.45) is 2.42. The fourth-order valence-corrected chi connectivity index (χ4v) is 4.06. The van der Waals surface area contributed by atoms with Gasteiger partial charge in [0.05, 0.1) is 9.92 Å². The molecular formula is C13H18BrClN2O2S.